The molecule has 10 nitrogen and oxygen atoms in total. The number of aromatic nitrogens is 4. The highest BCUT2D eigenvalue weighted by Gasteiger charge is 2.49. The van der Waals surface area contributed by atoms with Crippen molar-refractivity contribution in [3.8, 4) is 23.1 Å². The third-order valence-corrected chi connectivity index (χ3v) is 10.2. The molecule has 3 aromatic heterocycles. The minimum atomic E-state index is -4.86. The topological polar surface area (TPSA) is 115 Å². The van der Waals surface area contributed by atoms with Crippen LogP contribution in [0.3, 0.4) is 0 Å². The van der Waals surface area contributed by atoms with Crippen LogP contribution in [0.1, 0.15) is 50.3 Å². The van der Waals surface area contributed by atoms with Crippen LogP contribution in [0, 0.1) is 18.2 Å². The quantitative estimate of drug-likeness (QED) is 0.373. The Morgan fingerprint density at radius 3 is 2.65 bits per heavy atom. The Bertz CT molecular complexity index is 1720. The van der Waals surface area contributed by atoms with Gasteiger partial charge in [-0.2, -0.15) is 23.1 Å². The summed E-state index contributed by atoms with van der Waals surface area (Å²) in [6.45, 7) is 5.63. The van der Waals surface area contributed by atoms with Gasteiger partial charge in [0.15, 0.2) is 5.82 Å². The Morgan fingerprint density at radius 2 is 1.93 bits per heavy atom. The van der Waals surface area contributed by atoms with Crippen LogP contribution in [0.4, 0.5) is 33.6 Å². The Balaban J connectivity index is 1.27. The van der Waals surface area contributed by atoms with E-state index in [1.54, 1.807) is 0 Å². The average molecular weight is 647 g/mol. The van der Waals surface area contributed by atoms with Crippen molar-refractivity contribution in [1.29, 1.82) is 0 Å². The van der Waals surface area contributed by atoms with Crippen molar-refractivity contribution in [2.24, 2.45) is 5.41 Å². The smallest absolute Gasteiger partial charge is 0.418 e. The van der Waals surface area contributed by atoms with E-state index in [0.717, 1.165) is 31.7 Å². The van der Waals surface area contributed by atoms with Gasteiger partial charge < -0.3 is 25.4 Å². The third-order valence-electron chi connectivity index (χ3n) is 10.2. The van der Waals surface area contributed by atoms with Crippen LogP contribution in [0.15, 0.2) is 6.07 Å². The van der Waals surface area contributed by atoms with E-state index in [0.29, 0.717) is 38.4 Å². The fourth-order valence-electron chi connectivity index (χ4n) is 7.92. The maximum absolute atomic E-state index is 16.7. The molecule has 2 bridgehead atoms. The molecule has 3 saturated heterocycles. The van der Waals surface area contributed by atoms with Crippen LogP contribution in [0.5, 0.6) is 11.9 Å². The maximum atomic E-state index is 16.7. The number of rotatable bonds is 6. The predicted molar refractivity (Wildman–Crippen MR) is 159 cm³/mol. The lowest BCUT2D eigenvalue weighted by Gasteiger charge is -2.42. The molecule has 5 atom stereocenters. The number of hydrogen-bond donors (Lipinski definition) is 2. The van der Waals surface area contributed by atoms with Crippen molar-refractivity contribution < 1.29 is 31.4 Å². The van der Waals surface area contributed by atoms with Gasteiger partial charge in [-0.05, 0) is 52.0 Å². The van der Waals surface area contributed by atoms with Crippen LogP contribution >= 0.6 is 0 Å². The molecule has 0 aromatic carbocycles. The number of anilines is 2. The maximum Gasteiger partial charge on any atom is 0.418 e. The Labute approximate surface area is 261 Å². The molecule has 4 fully saturated rings. The van der Waals surface area contributed by atoms with Gasteiger partial charge in [0.25, 0.3) is 0 Å². The number of aryl methyl sites for hydroxylation is 1. The lowest BCUT2D eigenvalue weighted by atomic mass is 9.99. The molecule has 0 radical (unpaired) electrons. The van der Waals surface area contributed by atoms with Crippen molar-refractivity contribution in [2.75, 3.05) is 43.4 Å². The van der Waals surface area contributed by atoms with Crippen LogP contribution in [-0.4, -0.2) is 88.0 Å². The second kappa shape index (κ2) is 10.5. The van der Waals surface area contributed by atoms with E-state index in [9.17, 15) is 17.6 Å². The Morgan fingerprint density at radius 1 is 1.13 bits per heavy atom. The summed E-state index contributed by atoms with van der Waals surface area (Å²) in [5, 5.41) is 3.81. The van der Waals surface area contributed by atoms with Gasteiger partial charge >= 0.3 is 12.2 Å². The lowest BCUT2D eigenvalue weighted by Crippen LogP contribution is -2.62. The van der Waals surface area contributed by atoms with Gasteiger partial charge in [0, 0.05) is 49.2 Å². The minimum absolute atomic E-state index is 0.0552. The zero-order chi connectivity index (χ0) is 32.1. The zero-order valence-corrected chi connectivity index (χ0v) is 25.5. The number of fused-ring (bicyclic) bond motifs is 5. The minimum Gasteiger partial charge on any atom is -0.472 e. The van der Waals surface area contributed by atoms with Gasteiger partial charge in [0.05, 0.1) is 23.9 Å². The summed E-state index contributed by atoms with van der Waals surface area (Å²) in [4.78, 5) is 21.6. The fourth-order valence-corrected chi connectivity index (χ4v) is 7.92. The number of likely N-dealkylation sites (tertiary alicyclic amines) is 1. The van der Waals surface area contributed by atoms with Gasteiger partial charge in [0.2, 0.25) is 5.88 Å². The molecule has 4 aliphatic heterocycles. The number of ether oxygens (including phenoxy) is 2. The van der Waals surface area contributed by atoms with Gasteiger partial charge in [-0.25, -0.2) is 18.7 Å². The molecule has 8 rings (SSSR count). The molecule has 1 saturated carbocycles. The van der Waals surface area contributed by atoms with Gasteiger partial charge in [-0.1, -0.05) is 0 Å². The predicted octanol–water partition coefficient (Wildman–Crippen LogP) is 4.43. The van der Waals surface area contributed by atoms with Crippen LogP contribution in [-0.2, 0) is 6.18 Å². The number of nitrogens with two attached hydrogens (primary N) is 1. The fraction of sp³-hybridized carbons (Fsp3) is 0.613. The highest BCUT2D eigenvalue weighted by molar-refractivity contribution is 5.97. The van der Waals surface area contributed by atoms with Crippen LogP contribution in [0.2, 0.25) is 0 Å². The lowest BCUT2D eigenvalue weighted by molar-refractivity contribution is -0.137. The molecule has 0 amide bonds. The SMILES string of the molecule is Cc1nc(N)cc(-c2nc3c4c(nc(OCC5(CN6CC[C@H](F)C6)CC5)nc4c2F)N2C[C@H]4CC[C@H](N4)[C@H]2[C@H](C)O3)c1C(F)(F)F. The first-order valence-corrected chi connectivity index (χ1v) is 15.8. The molecule has 0 spiro atoms. The molecule has 5 aliphatic rings. The molecule has 7 heterocycles. The Kier molecular flexibility index (Phi) is 6.77. The zero-order valence-electron chi connectivity index (χ0n) is 25.5. The number of nitrogens with one attached hydrogen (secondary N) is 1. The number of hydrogen-bond acceptors (Lipinski definition) is 10. The molecule has 246 valence electrons. The molecule has 0 unspecified atom stereocenters. The van der Waals surface area contributed by atoms with Crippen molar-refractivity contribution >= 4 is 22.5 Å². The summed E-state index contributed by atoms with van der Waals surface area (Å²) in [7, 11) is 0. The van der Waals surface area contributed by atoms with Gasteiger partial charge in [-0.3, -0.25) is 4.90 Å². The summed E-state index contributed by atoms with van der Waals surface area (Å²) >= 11 is 0. The molecule has 15 heteroatoms. The van der Waals surface area contributed by atoms with E-state index in [1.165, 1.54) is 6.92 Å². The van der Waals surface area contributed by atoms with Crippen molar-refractivity contribution in [1.82, 2.24) is 30.2 Å². The monoisotopic (exact) mass is 646 g/mol. The number of nitrogen functional groups attached to an aromatic ring is 1. The first kappa shape index (κ1) is 29.8. The summed E-state index contributed by atoms with van der Waals surface area (Å²) in [6.07, 6.45) is -1.99. The van der Waals surface area contributed by atoms with Crippen molar-refractivity contribution in [2.45, 2.75) is 82.5 Å². The number of halogens is 5. The average Bonchev–Trinajstić information content (AvgIpc) is 3.51. The number of nitrogens with zero attached hydrogens (tertiary/aromatic N) is 6. The number of pyridine rings is 2. The molecule has 46 heavy (non-hydrogen) atoms. The van der Waals surface area contributed by atoms with E-state index in [2.05, 4.69) is 30.1 Å². The van der Waals surface area contributed by atoms with E-state index >= 15 is 4.39 Å². The first-order valence-electron chi connectivity index (χ1n) is 15.8. The molecular formula is C31H35F5N8O2. The van der Waals surface area contributed by atoms with Gasteiger partial charge in [0.1, 0.15) is 40.5 Å². The number of alkyl halides is 4. The first-order chi connectivity index (χ1) is 21.9. The molecular weight excluding hydrogens is 611 g/mol. The number of piperazine rings is 1. The van der Waals surface area contributed by atoms with E-state index < -0.39 is 46.8 Å². The molecule has 3 aromatic rings. The van der Waals surface area contributed by atoms with E-state index in [1.807, 2.05) is 6.92 Å². The summed E-state index contributed by atoms with van der Waals surface area (Å²) in [6, 6.07) is 0.946. The summed E-state index contributed by atoms with van der Waals surface area (Å²) < 4.78 is 86.2. The van der Waals surface area contributed by atoms with E-state index in [-0.39, 0.29) is 58.8 Å². The van der Waals surface area contributed by atoms with Gasteiger partial charge in [-0.15, -0.1) is 0 Å². The third kappa shape index (κ3) is 4.97. The highest BCUT2D eigenvalue weighted by Crippen LogP contribution is 2.49. The van der Waals surface area contributed by atoms with Crippen LogP contribution in [0.25, 0.3) is 22.2 Å². The van der Waals surface area contributed by atoms with Crippen molar-refractivity contribution in [3.05, 3.63) is 23.1 Å². The Hall–Kier alpha value is -3.59. The second-order valence-corrected chi connectivity index (χ2v) is 13.6. The molecule has 1 aliphatic carbocycles. The molecule has 3 N–H and O–H groups in total. The highest BCUT2D eigenvalue weighted by atomic mass is 19.4. The second-order valence-electron chi connectivity index (χ2n) is 13.6. The largest absolute Gasteiger partial charge is 0.472 e. The van der Waals surface area contributed by atoms with Crippen molar-refractivity contribution in [3.63, 3.8) is 0 Å². The summed E-state index contributed by atoms with van der Waals surface area (Å²) in [5.41, 5.74) is 2.75. The van der Waals surface area contributed by atoms with Crippen LogP contribution < -0.4 is 25.4 Å². The summed E-state index contributed by atoms with van der Waals surface area (Å²) in [5.74, 6) is -0.949. The van der Waals surface area contributed by atoms with E-state index in [4.69, 9.17) is 20.2 Å². The standard InChI is InChI=1S/C31H35F5N8O2/c1-14-22(31(34,35)36)18(9-20(37)38-14)24-23(33)25-21-27(44-11-17-3-4-19(39-17)26(44)15(2)46-28(21)40-24)42-29(41-25)45-13-30(6-7-30)12-43-8-5-16(32)10-43/h9,15-17,19,26,39H,3-8,10-13H2,1-2H3,(H2,37,38)/t15-,16-,17+,19-,26+/m0/s1. The normalized spacial score (nSPS) is 28.2.